The maximum absolute atomic E-state index is 12.5. The maximum atomic E-state index is 12.5. The molecule has 0 spiro atoms. The molecule has 1 heterocycles. The second-order valence-electron chi connectivity index (χ2n) is 6.65. The minimum atomic E-state index is 0.00404. The van der Waals surface area contributed by atoms with E-state index in [1.165, 1.54) is 0 Å². The van der Waals surface area contributed by atoms with Gasteiger partial charge >= 0.3 is 0 Å². The van der Waals surface area contributed by atoms with Crippen molar-refractivity contribution in [2.24, 2.45) is 0 Å². The Labute approximate surface area is 154 Å². The molecule has 26 heavy (non-hydrogen) atoms. The molecule has 1 fully saturated rings. The minimum absolute atomic E-state index is 0.00404. The number of nitrogens with zero attached hydrogens (tertiary/aromatic N) is 1. The van der Waals surface area contributed by atoms with E-state index >= 15 is 0 Å². The van der Waals surface area contributed by atoms with Gasteiger partial charge in [-0.1, -0.05) is 12.1 Å². The smallest absolute Gasteiger partial charge is 0.238 e. The van der Waals surface area contributed by atoms with Crippen LogP contribution >= 0.6 is 0 Å². The Kier molecular flexibility index (Phi) is 5.78. The lowest BCUT2D eigenvalue weighted by Crippen LogP contribution is -2.33. The summed E-state index contributed by atoms with van der Waals surface area (Å²) in [7, 11) is 3.34. The van der Waals surface area contributed by atoms with Gasteiger partial charge in [0.25, 0.3) is 0 Å². The highest BCUT2D eigenvalue weighted by Gasteiger charge is 2.30. The molecule has 1 saturated heterocycles. The number of amides is 1. The molecule has 1 N–H and O–H groups in total. The molecule has 0 radical (unpaired) electrons. The van der Waals surface area contributed by atoms with Gasteiger partial charge in [0.15, 0.2) is 0 Å². The molecular formula is C21H26N2O3. The minimum Gasteiger partial charge on any atom is -0.497 e. The highest BCUT2D eigenvalue weighted by molar-refractivity contribution is 5.92. The van der Waals surface area contributed by atoms with Crippen LogP contribution in [0.1, 0.15) is 30.0 Å². The Morgan fingerprint density at radius 3 is 2.77 bits per heavy atom. The summed E-state index contributed by atoms with van der Waals surface area (Å²) < 4.78 is 10.9. The van der Waals surface area contributed by atoms with Crippen LogP contribution in [-0.2, 0) is 4.79 Å². The maximum Gasteiger partial charge on any atom is 0.238 e. The van der Waals surface area contributed by atoms with E-state index in [-0.39, 0.29) is 11.9 Å². The number of benzene rings is 2. The van der Waals surface area contributed by atoms with Crippen molar-refractivity contribution >= 4 is 11.6 Å². The number of anilines is 1. The van der Waals surface area contributed by atoms with E-state index in [1.807, 2.05) is 49.4 Å². The fourth-order valence-electron chi connectivity index (χ4n) is 3.58. The van der Waals surface area contributed by atoms with Gasteiger partial charge in [0.2, 0.25) is 5.91 Å². The molecule has 1 aliphatic heterocycles. The number of hydrogen-bond donors (Lipinski definition) is 1. The fraction of sp³-hybridized carbons (Fsp3) is 0.381. The number of methoxy groups -OCH3 is 2. The molecule has 0 saturated carbocycles. The predicted molar refractivity (Wildman–Crippen MR) is 103 cm³/mol. The summed E-state index contributed by atoms with van der Waals surface area (Å²) in [6.07, 6.45) is 2.06. The van der Waals surface area contributed by atoms with Gasteiger partial charge in [0.1, 0.15) is 11.5 Å². The lowest BCUT2D eigenvalue weighted by Gasteiger charge is -2.26. The molecule has 5 nitrogen and oxygen atoms in total. The van der Waals surface area contributed by atoms with Crippen molar-refractivity contribution in [3.8, 4) is 11.5 Å². The fourth-order valence-corrected chi connectivity index (χ4v) is 3.58. The lowest BCUT2D eigenvalue weighted by atomic mass is 10.0. The van der Waals surface area contributed by atoms with E-state index in [9.17, 15) is 4.79 Å². The Balaban J connectivity index is 1.73. The topological polar surface area (TPSA) is 50.8 Å². The normalized spacial score (nSPS) is 17.1. The molecule has 0 aromatic heterocycles. The molecule has 2 aromatic rings. The molecule has 1 amide bonds. The Hall–Kier alpha value is -2.53. The number of rotatable bonds is 6. The number of carbonyl (C=O) groups excluding carboxylic acids is 1. The largest absolute Gasteiger partial charge is 0.497 e. The van der Waals surface area contributed by atoms with E-state index in [1.54, 1.807) is 14.2 Å². The number of ether oxygens (including phenoxy) is 2. The van der Waals surface area contributed by atoms with Gasteiger partial charge in [0, 0.05) is 17.3 Å². The highest BCUT2D eigenvalue weighted by Crippen LogP contribution is 2.38. The number of nitrogens with one attached hydrogen (secondary N) is 1. The van der Waals surface area contributed by atoms with Crippen molar-refractivity contribution in [1.82, 2.24) is 4.90 Å². The number of likely N-dealkylation sites (tertiary alicyclic amines) is 1. The first-order valence-corrected chi connectivity index (χ1v) is 8.93. The van der Waals surface area contributed by atoms with Crippen molar-refractivity contribution in [2.75, 3.05) is 32.6 Å². The van der Waals surface area contributed by atoms with Crippen LogP contribution in [0, 0.1) is 6.92 Å². The summed E-state index contributed by atoms with van der Waals surface area (Å²) >= 11 is 0. The summed E-state index contributed by atoms with van der Waals surface area (Å²) in [5.74, 6) is 1.64. The van der Waals surface area contributed by atoms with Gasteiger partial charge in [-0.3, -0.25) is 9.69 Å². The Bertz CT molecular complexity index is 776. The number of aryl methyl sites for hydroxylation is 1. The third-order valence-corrected chi connectivity index (χ3v) is 4.81. The van der Waals surface area contributed by atoms with Gasteiger partial charge in [-0.2, -0.15) is 0 Å². The molecule has 5 heteroatoms. The summed E-state index contributed by atoms with van der Waals surface area (Å²) in [4.78, 5) is 14.7. The standard InChI is InChI=1S/C21H26N2O3/c1-15-6-4-7-16(12-15)22-21(24)14-23-11-5-8-19(23)18-13-17(25-2)9-10-20(18)26-3/h4,6-7,9-10,12-13,19H,5,8,11,14H2,1-3H3,(H,22,24)/t19-/m1/s1. The van der Waals surface area contributed by atoms with E-state index in [4.69, 9.17) is 9.47 Å². The van der Waals surface area contributed by atoms with Crippen LogP contribution in [0.15, 0.2) is 42.5 Å². The van der Waals surface area contributed by atoms with Crippen LogP contribution in [0.3, 0.4) is 0 Å². The summed E-state index contributed by atoms with van der Waals surface area (Å²) in [6.45, 7) is 3.27. The second-order valence-corrected chi connectivity index (χ2v) is 6.65. The second kappa shape index (κ2) is 8.23. The zero-order valence-corrected chi connectivity index (χ0v) is 15.6. The number of carbonyl (C=O) groups is 1. The average molecular weight is 354 g/mol. The SMILES string of the molecule is COc1ccc(OC)c([C@H]2CCCN2CC(=O)Nc2cccc(C)c2)c1. The van der Waals surface area contributed by atoms with Crippen molar-refractivity contribution in [1.29, 1.82) is 0 Å². The number of hydrogen-bond acceptors (Lipinski definition) is 4. The average Bonchev–Trinajstić information content (AvgIpc) is 3.08. The molecule has 0 aliphatic carbocycles. The first-order chi connectivity index (χ1) is 12.6. The van der Waals surface area contributed by atoms with E-state index < -0.39 is 0 Å². The van der Waals surface area contributed by atoms with Gasteiger partial charge in [-0.15, -0.1) is 0 Å². The molecule has 1 aliphatic rings. The summed E-state index contributed by atoms with van der Waals surface area (Å²) in [6, 6.07) is 13.8. The van der Waals surface area contributed by atoms with Crippen LogP contribution in [0.25, 0.3) is 0 Å². The van der Waals surface area contributed by atoms with Crippen LogP contribution < -0.4 is 14.8 Å². The van der Waals surface area contributed by atoms with E-state index in [2.05, 4.69) is 10.2 Å². The van der Waals surface area contributed by atoms with Crippen LogP contribution in [-0.4, -0.2) is 38.1 Å². The van der Waals surface area contributed by atoms with Crippen LogP contribution in [0.5, 0.6) is 11.5 Å². The summed E-state index contributed by atoms with van der Waals surface area (Å²) in [5, 5.41) is 3.00. The van der Waals surface area contributed by atoms with Crippen LogP contribution in [0.2, 0.25) is 0 Å². The zero-order chi connectivity index (χ0) is 18.5. The molecule has 2 aromatic carbocycles. The van der Waals surface area contributed by atoms with Gasteiger partial charge in [0.05, 0.1) is 20.8 Å². The zero-order valence-electron chi connectivity index (χ0n) is 15.6. The third kappa shape index (κ3) is 4.17. The Morgan fingerprint density at radius 2 is 2.04 bits per heavy atom. The third-order valence-electron chi connectivity index (χ3n) is 4.81. The van der Waals surface area contributed by atoms with Crippen molar-refractivity contribution in [3.05, 3.63) is 53.6 Å². The molecule has 138 valence electrons. The first-order valence-electron chi connectivity index (χ1n) is 8.93. The Morgan fingerprint density at radius 1 is 1.19 bits per heavy atom. The highest BCUT2D eigenvalue weighted by atomic mass is 16.5. The predicted octanol–water partition coefficient (Wildman–Crippen LogP) is 3.79. The summed E-state index contributed by atoms with van der Waals surface area (Å²) in [5.41, 5.74) is 3.04. The van der Waals surface area contributed by atoms with Gasteiger partial charge < -0.3 is 14.8 Å². The van der Waals surface area contributed by atoms with E-state index in [0.29, 0.717) is 6.54 Å². The monoisotopic (exact) mass is 354 g/mol. The molecule has 0 bridgehead atoms. The first kappa shape index (κ1) is 18.3. The lowest BCUT2D eigenvalue weighted by molar-refractivity contribution is -0.117. The van der Waals surface area contributed by atoms with Crippen molar-refractivity contribution < 1.29 is 14.3 Å². The molecule has 3 rings (SSSR count). The van der Waals surface area contributed by atoms with Crippen LogP contribution in [0.4, 0.5) is 5.69 Å². The molecule has 0 unspecified atom stereocenters. The van der Waals surface area contributed by atoms with E-state index in [0.717, 1.165) is 47.7 Å². The van der Waals surface area contributed by atoms with Crippen molar-refractivity contribution in [2.45, 2.75) is 25.8 Å². The van der Waals surface area contributed by atoms with Gasteiger partial charge in [-0.05, 0) is 62.2 Å². The molecular weight excluding hydrogens is 328 g/mol. The van der Waals surface area contributed by atoms with Gasteiger partial charge in [-0.25, -0.2) is 0 Å². The quantitative estimate of drug-likeness (QED) is 0.857. The molecule has 1 atom stereocenters. The van der Waals surface area contributed by atoms with Crippen molar-refractivity contribution in [3.63, 3.8) is 0 Å².